The first-order chi connectivity index (χ1) is 12.1. The van der Waals surface area contributed by atoms with Gasteiger partial charge in [0.05, 0.1) is 23.5 Å². The predicted molar refractivity (Wildman–Crippen MR) is 105 cm³/mol. The SMILES string of the molecule is CCNc1ccc(C(=O)OCC)cc1NC(=O)C1CC12CCNCC2.Cl. The molecular formula is C19H28ClN3O3. The molecule has 0 radical (unpaired) electrons. The van der Waals surface area contributed by atoms with E-state index in [1.807, 2.05) is 13.0 Å². The molecule has 1 saturated heterocycles. The molecule has 0 bridgehead atoms. The third-order valence-corrected chi connectivity index (χ3v) is 5.26. The molecule has 6 nitrogen and oxygen atoms in total. The lowest BCUT2D eigenvalue weighted by Gasteiger charge is -2.23. The lowest BCUT2D eigenvalue weighted by atomic mass is 9.91. The van der Waals surface area contributed by atoms with Crippen molar-refractivity contribution in [3.8, 4) is 0 Å². The van der Waals surface area contributed by atoms with E-state index in [9.17, 15) is 9.59 Å². The zero-order valence-corrected chi connectivity index (χ0v) is 16.2. The monoisotopic (exact) mass is 381 g/mol. The number of hydrogen-bond donors (Lipinski definition) is 3. The number of ether oxygens (including phenoxy) is 1. The zero-order chi connectivity index (χ0) is 17.9. The highest BCUT2D eigenvalue weighted by Gasteiger charge is 2.57. The maximum atomic E-state index is 12.7. The Balaban J connectivity index is 0.00000243. The first kappa shape index (κ1) is 20.5. The summed E-state index contributed by atoms with van der Waals surface area (Å²) in [6.07, 6.45) is 3.09. The Morgan fingerprint density at radius 2 is 1.96 bits per heavy atom. The average Bonchev–Trinajstić information content (AvgIpc) is 3.30. The lowest BCUT2D eigenvalue weighted by Crippen LogP contribution is -2.31. The Morgan fingerprint density at radius 1 is 1.23 bits per heavy atom. The normalized spacial score (nSPS) is 20.0. The van der Waals surface area contributed by atoms with Crippen LogP contribution in [-0.4, -0.2) is 38.1 Å². The van der Waals surface area contributed by atoms with Gasteiger partial charge < -0.3 is 20.7 Å². The summed E-state index contributed by atoms with van der Waals surface area (Å²) in [5.41, 5.74) is 2.11. The molecule has 144 valence electrons. The van der Waals surface area contributed by atoms with E-state index < -0.39 is 0 Å². The maximum Gasteiger partial charge on any atom is 0.338 e. The van der Waals surface area contributed by atoms with E-state index >= 15 is 0 Å². The van der Waals surface area contributed by atoms with Crippen LogP contribution in [0.2, 0.25) is 0 Å². The number of halogens is 1. The van der Waals surface area contributed by atoms with Crippen molar-refractivity contribution in [2.75, 3.05) is 36.9 Å². The van der Waals surface area contributed by atoms with Gasteiger partial charge in [-0.3, -0.25) is 4.79 Å². The predicted octanol–water partition coefficient (Wildman–Crippen LogP) is 3.05. The van der Waals surface area contributed by atoms with Crippen LogP contribution in [0.5, 0.6) is 0 Å². The molecular weight excluding hydrogens is 354 g/mol. The highest BCUT2D eigenvalue weighted by Crippen LogP contribution is 2.58. The number of hydrogen-bond acceptors (Lipinski definition) is 5. The largest absolute Gasteiger partial charge is 0.462 e. The summed E-state index contributed by atoms with van der Waals surface area (Å²) in [4.78, 5) is 24.7. The van der Waals surface area contributed by atoms with Gasteiger partial charge in [0.25, 0.3) is 0 Å². The van der Waals surface area contributed by atoms with Crippen molar-refractivity contribution in [3.63, 3.8) is 0 Å². The summed E-state index contributed by atoms with van der Waals surface area (Å²) >= 11 is 0. The number of carbonyl (C=O) groups is 2. The second-order valence-electron chi connectivity index (χ2n) is 6.87. The molecule has 2 fully saturated rings. The highest BCUT2D eigenvalue weighted by molar-refractivity contribution is 6.00. The Bertz CT molecular complexity index is 659. The van der Waals surface area contributed by atoms with Gasteiger partial charge in [-0.1, -0.05) is 0 Å². The van der Waals surface area contributed by atoms with Gasteiger partial charge in [0.15, 0.2) is 0 Å². The Morgan fingerprint density at radius 3 is 2.62 bits per heavy atom. The van der Waals surface area contributed by atoms with Crippen molar-refractivity contribution >= 4 is 35.7 Å². The van der Waals surface area contributed by atoms with Crippen molar-refractivity contribution < 1.29 is 14.3 Å². The molecule has 1 aromatic carbocycles. The molecule has 1 aliphatic heterocycles. The van der Waals surface area contributed by atoms with E-state index in [4.69, 9.17) is 4.74 Å². The van der Waals surface area contributed by atoms with E-state index in [0.29, 0.717) is 17.9 Å². The molecule has 0 aromatic heterocycles. The quantitative estimate of drug-likeness (QED) is 0.660. The molecule has 3 N–H and O–H groups in total. The van der Waals surface area contributed by atoms with Crippen molar-refractivity contribution in [3.05, 3.63) is 23.8 Å². The second-order valence-corrected chi connectivity index (χ2v) is 6.87. The third kappa shape index (κ3) is 4.30. The van der Waals surface area contributed by atoms with Gasteiger partial charge in [0.2, 0.25) is 5.91 Å². The van der Waals surface area contributed by atoms with Crippen LogP contribution in [-0.2, 0) is 9.53 Å². The summed E-state index contributed by atoms with van der Waals surface area (Å²) in [5.74, 6) is -0.236. The smallest absolute Gasteiger partial charge is 0.338 e. The van der Waals surface area contributed by atoms with Crippen molar-refractivity contribution in [2.45, 2.75) is 33.1 Å². The Labute approximate surface area is 160 Å². The van der Waals surface area contributed by atoms with Crippen LogP contribution in [0, 0.1) is 11.3 Å². The van der Waals surface area contributed by atoms with Crippen LogP contribution >= 0.6 is 12.4 Å². The van der Waals surface area contributed by atoms with Gasteiger partial charge >= 0.3 is 5.97 Å². The molecule has 1 aromatic rings. The summed E-state index contributed by atoms with van der Waals surface area (Å²) in [5, 5.41) is 9.62. The number of nitrogens with one attached hydrogen (secondary N) is 3. The van der Waals surface area contributed by atoms with E-state index in [0.717, 1.165) is 44.6 Å². The molecule has 26 heavy (non-hydrogen) atoms. The fourth-order valence-electron chi connectivity index (χ4n) is 3.75. The fraction of sp³-hybridized carbons (Fsp3) is 0.579. The minimum atomic E-state index is -0.373. The molecule has 3 rings (SSSR count). The molecule has 7 heteroatoms. The van der Waals surface area contributed by atoms with Crippen LogP contribution < -0.4 is 16.0 Å². The number of anilines is 2. The average molecular weight is 382 g/mol. The van der Waals surface area contributed by atoms with Gasteiger partial charge in [-0.05, 0) is 69.8 Å². The van der Waals surface area contributed by atoms with Crippen molar-refractivity contribution in [2.24, 2.45) is 11.3 Å². The molecule has 1 spiro atoms. The molecule has 1 amide bonds. The van der Waals surface area contributed by atoms with Gasteiger partial charge in [0, 0.05) is 12.5 Å². The number of esters is 1. The Hall–Kier alpha value is -1.79. The minimum absolute atomic E-state index is 0. The van der Waals surface area contributed by atoms with Gasteiger partial charge in [-0.2, -0.15) is 0 Å². The van der Waals surface area contributed by atoms with E-state index in [-0.39, 0.29) is 35.6 Å². The van der Waals surface area contributed by atoms with Crippen molar-refractivity contribution in [1.29, 1.82) is 0 Å². The van der Waals surface area contributed by atoms with Crippen molar-refractivity contribution in [1.82, 2.24) is 5.32 Å². The lowest BCUT2D eigenvalue weighted by molar-refractivity contribution is -0.118. The van der Waals surface area contributed by atoms with E-state index in [1.165, 1.54) is 0 Å². The van der Waals surface area contributed by atoms with Crippen LogP contribution in [0.4, 0.5) is 11.4 Å². The summed E-state index contributed by atoms with van der Waals surface area (Å²) in [6, 6.07) is 5.24. The van der Waals surface area contributed by atoms with Crippen LogP contribution in [0.1, 0.15) is 43.5 Å². The number of carbonyl (C=O) groups excluding carboxylic acids is 2. The molecule has 2 aliphatic rings. The standard InChI is InChI=1S/C19H27N3O3.ClH/c1-3-21-15-6-5-13(18(24)25-4-2)11-16(15)22-17(23)14-12-19(14)7-9-20-10-8-19;/h5-6,11,14,20-21H,3-4,7-10,12H2,1-2H3,(H,22,23);1H. The second kappa shape index (κ2) is 8.73. The first-order valence-electron chi connectivity index (χ1n) is 9.16. The maximum absolute atomic E-state index is 12.7. The van der Waals surface area contributed by atoms with Crippen LogP contribution in [0.25, 0.3) is 0 Å². The number of benzene rings is 1. The molecule has 1 heterocycles. The van der Waals surface area contributed by atoms with Gasteiger partial charge in [-0.25, -0.2) is 4.79 Å². The minimum Gasteiger partial charge on any atom is -0.462 e. The molecule has 1 unspecified atom stereocenters. The van der Waals surface area contributed by atoms with Gasteiger partial charge in [0.1, 0.15) is 0 Å². The summed E-state index contributed by atoms with van der Waals surface area (Å²) in [7, 11) is 0. The molecule has 1 saturated carbocycles. The fourth-order valence-corrected chi connectivity index (χ4v) is 3.75. The van der Waals surface area contributed by atoms with E-state index in [1.54, 1.807) is 19.1 Å². The molecule has 1 aliphatic carbocycles. The zero-order valence-electron chi connectivity index (χ0n) is 15.4. The highest BCUT2D eigenvalue weighted by atomic mass is 35.5. The van der Waals surface area contributed by atoms with Gasteiger partial charge in [-0.15, -0.1) is 12.4 Å². The Kier molecular flexibility index (Phi) is 6.89. The van der Waals surface area contributed by atoms with E-state index in [2.05, 4.69) is 16.0 Å². The first-order valence-corrected chi connectivity index (χ1v) is 9.16. The number of piperidine rings is 1. The topological polar surface area (TPSA) is 79.5 Å². The number of rotatable bonds is 6. The summed E-state index contributed by atoms with van der Waals surface area (Å²) < 4.78 is 5.06. The molecule has 1 atom stereocenters. The summed E-state index contributed by atoms with van der Waals surface area (Å²) in [6.45, 7) is 6.82. The van der Waals surface area contributed by atoms with Crippen LogP contribution in [0.3, 0.4) is 0 Å². The number of amides is 1. The third-order valence-electron chi connectivity index (χ3n) is 5.26. The van der Waals surface area contributed by atoms with Crippen LogP contribution in [0.15, 0.2) is 18.2 Å².